The maximum atomic E-state index is 12.7. The Morgan fingerprint density at radius 2 is 1.31 bits per heavy atom. The van der Waals surface area contributed by atoms with E-state index in [0.717, 1.165) is 11.1 Å². The number of thiocarbonyl (C=S) groups is 1. The fraction of sp³-hybridized carbons (Fsp3) is 0.0870. The number of primary amides is 1. The summed E-state index contributed by atoms with van der Waals surface area (Å²) in [6.07, 6.45) is 0. The SMILES string of the molecule is NC(=O)c1cccc(C(=O)NC(=S)N(Cc2ccccc2)Cc2ccccc2)c1. The number of carbonyl (C=O) groups excluding carboxylic acids is 2. The highest BCUT2D eigenvalue weighted by molar-refractivity contribution is 7.80. The van der Waals surface area contributed by atoms with Crippen molar-refractivity contribution in [2.75, 3.05) is 0 Å². The van der Waals surface area contributed by atoms with Crippen LogP contribution in [-0.2, 0) is 13.1 Å². The molecule has 3 aromatic carbocycles. The molecule has 0 spiro atoms. The van der Waals surface area contributed by atoms with Crippen LogP contribution in [0.1, 0.15) is 31.8 Å². The summed E-state index contributed by atoms with van der Waals surface area (Å²) in [5, 5.41) is 3.08. The van der Waals surface area contributed by atoms with Crippen molar-refractivity contribution in [2.24, 2.45) is 5.73 Å². The number of nitrogens with one attached hydrogen (secondary N) is 1. The third kappa shape index (κ3) is 5.73. The largest absolute Gasteiger partial charge is 0.366 e. The third-order valence-corrected chi connectivity index (χ3v) is 4.71. The van der Waals surface area contributed by atoms with E-state index < -0.39 is 5.91 Å². The summed E-state index contributed by atoms with van der Waals surface area (Å²) in [5.41, 5.74) is 8.05. The molecule has 0 bridgehead atoms. The Labute approximate surface area is 175 Å². The highest BCUT2D eigenvalue weighted by Crippen LogP contribution is 2.11. The predicted molar refractivity (Wildman–Crippen MR) is 117 cm³/mol. The van der Waals surface area contributed by atoms with Gasteiger partial charge < -0.3 is 10.6 Å². The lowest BCUT2D eigenvalue weighted by Gasteiger charge is -2.26. The molecule has 0 aliphatic rings. The van der Waals surface area contributed by atoms with Crippen molar-refractivity contribution in [1.82, 2.24) is 10.2 Å². The van der Waals surface area contributed by atoms with Crippen molar-refractivity contribution in [3.8, 4) is 0 Å². The molecule has 0 fully saturated rings. The Bertz CT molecular complexity index is 965. The van der Waals surface area contributed by atoms with Crippen molar-refractivity contribution >= 4 is 29.1 Å². The first kappa shape index (κ1) is 20.2. The summed E-state index contributed by atoms with van der Waals surface area (Å²) in [6.45, 7) is 1.10. The fourth-order valence-electron chi connectivity index (χ4n) is 2.87. The molecule has 0 saturated carbocycles. The highest BCUT2D eigenvalue weighted by atomic mass is 32.1. The van der Waals surface area contributed by atoms with E-state index in [1.807, 2.05) is 65.6 Å². The van der Waals surface area contributed by atoms with Gasteiger partial charge in [-0.2, -0.15) is 0 Å². The number of hydrogen-bond donors (Lipinski definition) is 2. The van der Waals surface area contributed by atoms with Crippen LogP contribution in [0.25, 0.3) is 0 Å². The topological polar surface area (TPSA) is 75.4 Å². The lowest BCUT2D eigenvalue weighted by atomic mass is 10.1. The molecule has 3 N–H and O–H groups in total. The minimum Gasteiger partial charge on any atom is -0.366 e. The zero-order chi connectivity index (χ0) is 20.6. The van der Waals surface area contributed by atoms with Crippen LogP contribution in [0.15, 0.2) is 84.9 Å². The lowest BCUT2D eigenvalue weighted by Crippen LogP contribution is -2.42. The van der Waals surface area contributed by atoms with Crippen molar-refractivity contribution in [2.45, 2.75) is 13.1 Å². The summed E-state index contributed by atoms with van der Waals surface area (Å²) in [4.78, 5) is 26.0. The zero-order valence-electron chi connectivity index (χ0n) is 15.7. The molecular weight excluding hydrogens is 382 g/mol. The first-order valence-corrected chi connectivity index (χ1v) is 9.52. The van der Waals surface area contributed by atoms with Crippen molar-refractivity contribution < 1.29 is 9.59 Å². The van der Waals surface area contributed by atoms with Crippen LogP contribution >= 0.6 is 12.2 Å². The maximum Gasteiger partial charge on any atom is 0.257 e. The quantitative estimate of drug-likeness (QED) is 0.618. The Hall–Kier alpha value is -3.51. The van der Waals surface area contributed by atoms with Crippen molar-refractivity contribution in [1.29, 1.82) is 0 Å². The first-order chi connectivity index (χ1) is 14.0. The number of benzene rings is 3. The van der Waals surface area contributed by atoms with Crippen LogP contribution < -0.4 is 11.1 Å². The van der Waals surface area contributed by atoms with E-state index in [1.54, 1.807) is 18.2 Å². The normalized spacial score (nSPS) is 10.2. The van der Waals surface area contributed by atoms with E-state index in [0.29, 0.717) is 23.8 Å². The molecule has 146 valence electrons. The van der Waals surface area contributed by atoms with E-state index >= 15 is 0 Å². The van der Waals surface area contributed by atoms with Crippen LogP contribution in [0.2, 0.25) is 0 Å². The smallest absolute Gasteiger partial charge is 0.257 e. The fourth-order valence-corrected chi connectivity index (χ4v) is 3.09. The summed E-state index contributed by atoms with van der Waals surface area (Å²) in [7, 11) is 0. The Morgan fingerprint density at radius 3 is 1.83 bits per heavy atom. The molecule has 2 amide bonds. The number of carbonyl (C=O) groups is 2. The van der Waals surface area contributed by atoms with Gasteiger partial charge in [0.2, 0.25) is 5.91 Å². The molecule has 0 aliphatic heterocycles. The van der Waals surface area contributed by atoms with E-state index in [-0.39, 0.29) is 11.5 Å². The van der Waals surface area contributed by atoms with Gasteiger partial charge in [-0.15, -0.1) is 0 Å². The molecule has 0 aromatic heterocycles. The molecule has 6 heteroatoms. The molecule has 0 aliphatic carbocycles. The van der Waals surface area contributed by atoms with Gasteiger partial charge in [0.1, 0.15) is 0 Å². The minimum absolute atomic E-state index is 0.272. The van der Waals surface area contributed by atoms with Crippen molar-refractivity contribution in [3.63, 3.8) is 0 Å². The molecule has 3 aromatic rings. The van der Waals surface area contributed by atoms with E-state index in [9.17, 15) is 9.59 Å². The van der Waals surface area contributed by atoms with Gasteiger partial charge in [-0.3, -0.25) is 14.9 Å². The van der Waals surface area contributed by atoms with Gasteiger partial charge in [-0.05, 0) is 41.5 Å². The van der Waals surface area contributed by atoms with E-state index in [1.165, 1.54) is 6.07 Å². The average Bonchev–Trinajstić information content (AvgIpc) is 2.74. The van der Waals surface area contributed by atoms with Crippen LogP contribution in [0.5, 0.6) is 0 Å². The first-order valence-electron chi connectivity index (χ1n) is 9.11. The summed E-state index contributed by atoms with van der Waals surface area (Å²) < 4.78 is 0. The van der Waals surface area contributed by atoms with Crippen molar-refractivity contribution in [3.05, 3.63) is 107 Å². The Morgan fingerprint density at radius 1 is 0.793 bits per heavy atom. The summed E-state index contributed by atoms with van der Waals surface area (Å²) in [5.74, 6) is -0.971. The highest BCUT2D eigenvalue weighted by Gasteiger charge is 2.16. The van der Waals surface area contributed by atoms with Gasteiger partial charge in [0.25, 0.3) is 5.91 Å². The van der Waals surface area contributed by atoms with Crippen LogP contribution in [-0.4, -0.2) is 21.8 Å². The number of amides is 2. The molecule has 0 heterocycles. The molecule has 0 unspecified atom stereocenters. The average molecular weight is 404 g/mol. The van der Waals surface area contributed by atoms with Gasteiger partial charge in [0.15, 0.2) is 5.11 Å². The standard InChI is InChI=1S/C23H21N3O2S/c24-21(27)19-12-7-13-20(14-19)22(28)25-23(29)26(15-17-8-3-1-4-9-17)16-18-10-5-2-6-11-18/h1-14H,15-16H2,(H2,24,27)(H,25,28,29). The maximum absolute atomic E-state index is 12.7. The van der Waals surface area contributed by atoms with Gasteiger partial charge in [0.05, 0.1) is 0 Å². The third-order valence-electron chi connectivity index (χ3n) is 4.35. The van der Waals surface area contributed by atoms with Gasteiger partial charge in [-0.1, -0.05) is 66.7 Å². The van der Waals surface area contributed by atoms with E-state index in [4.69, 9.17) is 18.0 Å². The van der Waals surface area contributed by atoms with Gasteiger partial charge >= 0.3 is 0 Å². The molecule has 3 rings (SSSR count). The van der Waals surface area contributed by atoms with Crippen LogP contribution in [0.3, 0.4) is 0 Å². The molecule has 0 radical (unpaired) electrons. The molecule has 0 saturated heterocycles. The zero-order valence-corrected chi connectivity index (χ0v) is 16.6. The second-order valence-electron chi connectivity index (χ2n) is 6.53. The Balaban J connectivity index is 1.77. The minimum atomic E-state index is -0.586. The monoisotopic (exact) mass is 403 g/mol. The van der Waals surface area contributed by atoms with E-state index in [2.05, 4.69) is 5.32 Å². The van der Waals surface area contributed by atoms with Crippen LogP contribution in [0.4, 0.5) is 0 Å². The molecule has 5 nitrogen and oxygen atoms in total. The molecular formula is C23H21N3O2S. The number of nitrogens with zero attached hydrogens (tertiary/aromatic N) is 1. The van der Waals surface area contributed by atoms with Crippen LogP contribution in [0, 0.1) is 0 Å². The lowest BCUT2D eigenvalue weighted by molar-refractivity contribution is 0.0972. The summed E-state index contributed by atoms with van der Waals surface area (Å²) in [6, 6.07) is 26.1. The number of rotatable bonds is 6. The molecule has 0 atom stereocenters. The summed E-state index contributed by atoms with van der Waals surface area (Å²) >= 11 is 5.54. The molecule has 29 heavy (non-hydrogen) atoms. The second kappa shape index (κ2) is 9.61. The van der Waals surface area contributed by atoms with Gasteiger partial charge in [0, 0.05) is 24.2 Å². The Kier molecular flexibility index (Phi) is 6.71. The number of nitrogens with two attached hydrogens (primary N) is 1. The second-order valence-corrected chi connectivity index (χ2v) is 6.92. The van der Waals surface area contributed by atoms with Gasteiger partial charge in [-0.25, -0.2) is 0 Å². The number of hydrogen-bond acceptors (Lipinski definition) is 3. The predicted octanol–water partition coefficient (Wildman–Crippen LogP) is 3.50.